The first-order chi connectivity index (χ1) is 12.6. The molecule has 4 rings (SSSR count). The van der Waals surface area contributed by atoms with E-state index in [1.54, 1.807) is 4.90 Å². The Morgan fingerprint density at radius 1 is 1.04 bits per heavy atom. The predicted molar refractivity (Wildman–Crippen MR) is 97.4 cm³/mol. The molecule has 1 atom stereocenters. The van der Waals surface area contributed by atoms with Gasteiger partial charge in [-0.1, -0.05) is 31.2 Å². The van der Waals surface area contributed by atoms with Gasteiger partial charge in [-0.15, -0.1) is 0 Å². The lowest BCUT2D eigenvalue weighted by atomic mass is 9.98. The van der Waals surface area contributed by atoms with Gasteiger partial charge in [0.1, 0.15) is 6.04 Å². The zero-order chi connectivity index (χ0) is 18.1. The van der Waals surface area contributed by atoms with Crippen LogP contribution in [0, 0.1) is 5.92 Å². The van der Waals surface area contributed by atoms with Crippen molar-refractivity contribution in [2.45, 2.75) is 38.9 Å². The van der Waals surface area contributed by atoms with Crippen molar-refractivity contribution in [2.75, 3.05) is 32.8 Å². The summed E-state index contributed by atoms with van der Waals surface area (Å²) < 4.78 is 5.39. The number of morpholine rings is 1. The lowest BCUT2D eigenvalue weighted by Gasteiger charge is -2.31. The smallest absolute Gasteiger partial charge is 0.327 e. The van der Waals surface area contributed by atoms with E-state index in [9.17, 15) is 9.59 Å². The van der Waals surface area contributed by atoms with Crippen LogP contribution in [0.15, 0.2) is 24.3 Å². The molecule has 0 spiro atoms. The van der Waals surface area contributed by atoms with Crippen molar-refractivity contribution >= 4 is 11.9 Å². The molecule has 1 aromatic rings. The quantitative estimate of drug-likeness (QED) is 0.775. The number of rotatable bonds is 4. The standard InChI is InChI=1S/C20H27N3O3/c1-15-6-8-21(9-7-15)12-16-4-2-3-5-17(16)13-23-19(24)18-14-26-11-10-22(18)20(23)25/h2-5,15,18H,6-14H2,1H3. The molecule has 3 aliphatic heterocycles. The highest BCUT2D eigenvalue weighted by atomic mass is 16.5. The normalized spacial score (nSPS) is 25.0. The molecule has 0 aromatic heterocycles. The molecule has 3 heterocycles. The molecule has 0 radical (unpaired) electrons. The minimum Gasteiger partial charge on any atom is -0.377 e. The van der Waals surface area contributed by atoms with E-state index in [1.165, 1.54) is 23.3 Å². The van der Waals surface area contributed by atoms with E-state index < -0.39 is 6.04 Å². The van der Waals surface area contributed by atoms with E-state index in [4.69, 9.17) is 4.74 Å². The second kappa shape index (κ2) is 7.37. The Morgan fingerprint density at radius 2 is 1.73 bits per heavy atom. The molecule has 26 heavy (non-hydrogen) atoms. The number of carbonyl (C=O) groups excluding carboxylic acids is 2. The van der Waals surface area contributed by atoms with Gasteiger partial charge in [0.2, 0.25) is 0 Å². The number of piperidine rings is 1. The van der Waals surface area contributed by atoms with Gasteiger partial charge >= 0.3 is 6.03 Å². The number of urea groups is 1. The number of nitrogens with zero attached hydrogens (tertiary/aromatic N) is 3. The van der Waals surface area contributed by atoms with Crippen LogP contribution >= 0.6 is 0 Å². The fourth-order valence-electron chi connectivity index (χ4n) is 4.11. The Hall–Kier alpha value is -1.92. The van der Waals surface area contributed by atoms with Gasteiger partial charge in [-0.25, -0.2) is 4.79 Å². The molecule has 140 valence electrons. The third kappa shape index (κ3) is 3.35. The molecule has 0 N–H and O–H groups in total. The summed E-state index contributed by atoms with van der Waals surface area (Å²) in [5.74, 6) is 0.678. The predicted octanol–water partition coefficient (Wildman–Crippen LogP) is 2.08. The van der Waals surface area contributed by atoms with Crippen LogP contribution in [0.2, 0.25) is 0 Å². The maximum absolute atomic E-state index is 12.7. The number of amides is 3. The van der Waals surface area contributed by atoms with Crippen molar-refractivity contribution in [3.63, 3.8) is 0 Å². The first-order valence-electron chi connectivity index (χ1n) is 9.62. The summed E-state index contributed by atoms with van der Waals surface area (Å²) in [5, 5.41) is 0. The Balaban J connectivity index is 1.48. The van der Waals surface area contributed by atoms with Crippen molar-refractivity contribution in [3.05, 3.63) is 35.4 Å². The largest absolute Gasteiger partial charge is 0.377 e. The molecule has 3 aliphatic rings. The van der Waals surface area contributed by atoms with Gasteiger partial charge in [-0.05, 0) is 43.0 Å². The Kier molecular flexibility index (Phi) is 4.96. The fourth-order valence-corrected chi connectivity index (χ4v) is 4.11. The number of benzene rings is 1. The van der Waals surface area contributed by atoms with Crippen molar-refractivity contribution in [1.82, 2.24) is 14.7 Å². The van der Waals surface area contributed by atoms with E-state index in [-0.39, 0.29) is 11.9 Å². The van der Waals surface area contributed by atoms with Crippen LogP contribution in [0.1, 0.15) is 30.9 Å². The molecular formula is C20H27N3O3. The van der Waals surface area contributed by atoms with Crippen LogP contribution in [0.5, 0.6) is 0 Å². The van der Waals surface area contributed by atoms with Crippen LogP contribution in [-0.2, 0) is 22.6 Å². The lowest BCUT2D eigenvalue weighted by molar-refractivity contribution is -0.131. The SMILES string of the molecule is CC1CCN(Cc2ccccc2CN2C(=O)C3COCCN3C2=O)CC1. The first-order valence-corrected chi connectivity index (χ1v) is 9.62. The molecule has 6 heteroatoms. The number of ether oxygens (including phenoxy) is 1. The molecule has 0 aliphatic carbocycles. The number of fused-ring (bicyclic) bond motifs is 1. The van der Waals surface area contributed by atoms with Crippen LogP contribution < -0.4 is 0 Å². The van der Waals surface area contributed by atoms with Gasteiger partial charge in [0, 0.05) is 13.1 Å². The number of carbonyl (C=O) groups is 2. The van der Waals surface area contributed by atoms with Crippen LogP contribution in [0.3, 0.4) is 0 Å². The van der Waals surface area contributed by atoms with Crippen molar-refractivity contribution < 1.29 is 14.3 Å². The van der Waals surface area contributed by atoms with Gasteiger partial charge in [-0.3, -0.25) is 14.6 Å². The van der Waals surface area contributed by atoms with E-state index in [0.717, 1.165) is 31.1 Å². The molecule has 6 nitrogen and oxygen atoms in total. The van der Waals surface area contributed by atoms with E-state index in [2.05, 4.69) is 17.9 Å². The molecule has 1 unspecified atom stereocenters. The summed E-state index contributed by atoms with van der Waals surface area (Å²) in [6.45, 7) is 7.10. The Morgan fingerprint density at radius 3 is 2.42 bits per heavy atom. The number of likely N-dealkylation sites (tertiary alicyclic amines) is 1. The van der Waals surface area contributed by atoms with Crippen LogP contribution in [0.25, 0.3) is 0 Å². The highest BCUT2D eigenvalue weighted by Gasteiger charge is 2.46. The monoisotopic (exact) mass is 357 g/mol. The second-order valence-electron chi connectivity index (χ2n) is 7.72. The summed E-state index contributed by atoms with van der Waals surface area (Å²) in [5.41, 5.74) is 2.28. The first kappa shape index (κ1) is 17.5. The van der Waals surface area contributed by atoms with Gasteiger partial charge in [0.25, 0.3) is 5.91 Å². The summed E-state index contributed by atoms with van der Waals surface area (Å²) >= 11 is 0. The van der Waals surface area contributed by atoms with Crippen LogP contribution in [-0.4, -0.2) is 65.5 Å². The van der Waals surface area contributed by atoms with Crippen molar-refractivity contribution in [2.24, 2.45) is 5.92 Å². The summed E-state index contributed by atoms with van der Waals surface area (Å²) in [4.78, 5) is 30.9. The molecule has 3 saturated heterocycles. The van der Waals surface area contributed by atoms with E-state index in [0.29, 0.717) is 26.3 Å². The van der Waals surface area contributed by atoms with Crippen LogP contribution in [0.4, 0.5) is 4.79 Å². The number of hydrogen-bond acceptors (Lipinski definition) is 4. The number of imide groups is 1. The van der Waals surface area contributed by atoms with Crippen molar-refractivity contribution in [3.8, 4) is 0 Å². The Bertz CT molecular complexity index is 661. The third-order valence-corrected chi connectivity index (χ3v) is 5.87. The summed E-state index contributed by atoms with van der Waals surface area (Å²) in [7, 11) is 0. The maximum atomic E-state index is 12.7. The van der Waals surface area contributed by atoms with Gasteiger partial charge in [0.05, 0.1) is 19.8 Å². The van der Waals surface area contributed by atoms with Gasteiger partial charge < -0.3 is 9.64 Å². The van der Waals surface area contributed by atoms with Gasteiger partial charge in [-0.2, -0.15) is 0 Å². The highest BCUT2D eigenvalue weighted by Crippen LogP contribution is 2.25. The average Bonchev–Trinajstić information content (AvgIpc) is 2.90. The number of hydrogen-bond donors (Lipinski definition) is 0. The molecule has 3 fully saturated rings. The topological polar surface area (TPSA) is 53.1 Å². The average molecular weight is 357 g/mol. The third-order valence-electron chi connectivity index (χ3n) is 5.87. The molecule has 1 aromatic carbocycles. The molecular weight excluding hydrogens is 330 g/mol. The van der Waals surface area contributed by atoms with Crippen molar-refractivity contribution in [1.29, 1.82) is 0 Å². The maximum Gasteiger partial charge on any atom is 0.327 e. The minimum atomic E-state index is -0.438. The Labute approximate surface area is 154 Å². The molecule has 0 bridgehead atoms. The summed E-state index contributed by atoms with van der Waals surface area (Å²) in [6.07, 6.45) is 2.48. The molecule has 0 saturated carbocycles. The zero-order valence-electron chi connectivity index (χ0n) is 15.4. The molecule has 3 amide bonds. The summed E-state index contributed by atoms with van der Waals surface area (Å²) in [6, 6.07) is 7.57. The minimum absolute atomic E-state index is 0.128. The van der Waals surface area contributed by atoms with E-state index in [1.807, 2.05) is 18.2 Å². The zero-order valence-corrected chi connectivity index (χ0v) is 15.4. The second-order valence-corrected chi connectivity index (χ2v) is 7.72. The lowest BCUT2D eigenvalue weighted by Crippen LogP contribution is -2.45. The van der Waals surface area contributed by atoms with Gasteiger partial charge in [0.15, 0.2) is 0 Å². The van der Waals surface area contributed by atoms with E-state index >= 15 is 0 Å². The highest BCUT2D eigenvalue weighted by molar-refractivity contribution is 6.04. The fraction of sp³-hybridized carbons (Fsp3) is 0.600.